The van der Waals surface area contributed by atoms with Gasteiger partial charge in [-0.25, -0.2) is 0 Å². The molecule has 0 fully saturated rings. The summed E-state index contributed by atoms with van der Waals surface area (Å²) in [6.07, 6.45) is 0. The van der Waals surface area contributed by atoms with Crippen LogP contribution in [0.5, 0.6) is 17.2 Å². The van der Waals surface area contributed by atoms with E-state index in [0.717, 1.165) is 0 Å². The molecule has 1 aliphatic rings. The van der Waals surface area contributed by atoms with Gasteiger partial charge < -0.3 is 25.1 Å². The Hall–Kier alpha value is -1.95. The lowest BCUT2D eigenvalue weighted by atomic mass is 9.97. The zero-order chi connectivity index (χ0) is 12.4. The molecular weight excluding hydrogens is 226 g/mol. The number of benzene rings is 1. The van der Waals surface area contributed by atoms with E-state index >= 15 is 0 Å². The molecule has 3 N–H and O–H groups in total. The van der Waals surface area contributed by atoms with E-state index in [4.69, 9.17) is 25.1 Å². The van der Waals surface area contributed by atoms with E-state index in [1.165, 1.54) is 7.11 Å². The molecule has 1 unspecified atom stereocenters. The number of ether oxygens (including phenoxy) is 3. The highest BCUT2D eigenvalue weighted by molar-refractivity contribution is 5.78. The van der Waals surface area contributed by atoms with Gasteiger partial charge in [-0.15, -0.1) is 0 Å². The Morgan fingerprint density at radius 2 is 2.35 bits per heavy atom. The van der Waals surface area contributed by atoms with Gasteiger partial charge in [-0.2, -0.15) is 0 Å². The molecule has 2 rings (SSSR count). The highest BCUT2D eigenvalue weighted by Crippen LogP contribution is 2.42. The van der Waals surface area contributed by atoms with Gasteiger partial charge in [-0.05, 0) is 6.07 Å². The van der Waals surface area contributed by atoms with Crippen LogP contribution in [0.1, 0.15) is 11.5 Å². The van der Waals surface area contributed by atoms with Gasteiger partial charge in [0.25, 0.3) is 0 Å². The van der Waals surface area contributed by atoms with Gasteiger partial charge in [-0.1, -0.05) is 0 Å². The summed E-state index contributed by atoms with van der Waals surface area (Å²) in [5.74, 6) is -0.398. The van der Waals surface area contributed by atoms with Crippen LogP contribution in [0.2, 0.25) is 0 Å². The van der Waals surface area contributed by atoms with E-state index in [-0.39, 0.29) is 13.3 Å². The van der Waals surface area contributed by atoms with Crippen molar-refractivity contribution >= 4 is 5.97 Å². The average Bonchev–Trinajstić information content (AvgIpc) is 2.77. The molecule has 1 aromatic carbocycles. The van der Waals surface area contributed by atoms with Crippen LogP contribution < -0.4 is 19.9 Å². The van der Waals surface area contributed by atoms with Crippen molar-refractivity contribution in [2.75, 3.05) is 20.4 Å². The number of rotatable bonds is 4. The Morgan fingerprint density at radius 3 is 2.94 bits per heavy atom. The number of fused-ring (bicyclic) bond motifs is 1. The van der Waals surface area contributed by atoms with E-state index in [1.54, 1.807) is 12.1 Å². The summed E-state index contributed by atoms with van der Waals surface area (Å²) in [7, 11) is 1.50. The van der Waals surface area contributed by atoms with Gasteiger partial charge >= 0.3 is 5.97 Å². The van der Waals surface area contributed by atoms with Gasteiger partial charge in [0.05, 0.1) is 13.0 Å². The Kier molecular flexibility index (Phi) is 3.06. The standard InChI is InChI=1S/C11H13NO5/c1-15-6-2-7(8(4-12)11(13)14)10-9(3-6)16-5-17-10/h2-3,8H,4-5,12H2,1H3,(H,13,14). The van der Waals surface area contributed by atoms with E-state index in [2.05, 4.69) is 0 Å². The van der Waals surface area contributed by atoms with Gasteiger partial charge in [-0.3, -0.25) is 4.79 Å². The second kappa shape index (κ2) is 4.50. The first-order chi connectivity index (χ1) is 8.17. The molecule has 1 aromatic rings. The lowest BCUT2D eigenvalue weighted by molar-refractivity contribution is -0.138. The maximum Gasteiger partial charge on any atom is 0.312 e. The van der Waals surface area contributed by atoms with Crippen LogP contribution in [-0.2, 0) is 4.79 Å². The molecule has 0 saturated heterocycles. The summed E-state index contributed by atoms with van der Waals surface area (Å²) in [4.78, 5) is 11.1. The predicted molar refractivity (Wildman–Crippen MR) is 58.5 cm³/mol. The molecular formula is C11H13NO5. The number of hydrogen-bond acceptors (Lipinski definition) is 5. The van der Waals surface area contributed by atoms with E-state index in [1.807, 2.05) is 0 Å². The minimum atomic E-state index is -1.00. The van der Waals surface area contributed by atoms with Crippen LogP contribution in [0.15, 0.2) is 12.1 Å². The third kappa shape index (κ3) is 1.99. The molecule has 0 saturated carbocycles. The molecule has 6 nitrogen and oxygen atoms in total. The molecule has 0 aromatic heterocycles. The molecule has 0 bridgehead atoms. The third-order valence-electron chi connectivity index (χ3n) is 2.62. The van der Waals surface area contributed by atoms with Crippen molar-refractivity contribution in [3.8, 4) is 17.2 Å². The van der Waals surface area contributed by atoms with Crippen molar-refractivity contribution in [3.63, 3.8) is 0 Å². The SMILES string of the molecule is COc1cc2c(c(C(CN)C(=O)O)c1)OCO2. The Morgan fingerprint density at radius 1 is 1.59 bits per heavy atom. The monoisotopic (exact) mass is 239 g/mol. The Balaban J connectivity index is 2.51. The largest absolute Gasteiger partial charge is 0.497 e. The smallest absolute Gasteiger partial charge is 0.312 e. The second-order valence-corrected chi connectivity index (χ2v) is 3.58. The quantitative estimate of drug-likeness (QED) is 0.797. The maximum atomic E-state index is 11.1. The zero-order valence-corrected chi connectivity index (χ0v) is 9.30. The van der Waals surface area contributed by atoms with Crippen LogP contribution in [0.4, 0.5) is 0 Å². The van der Waals surface area contributed by atoms with Crippen LogP contribution in [-0.4, -0.2) is 31.5 Å². The van der Waals surface area contributed by atoms with E-state index in [0.29, 0.717) is 22.8 Å². The summed E-state index contributed by atoms with van der Waals surface area (Å²) in [6.45, 7) is 0.0602. The number of carboxylic acids is 1. The summed E-state index contributed by atoms with van der Waals surface area (Å²) in [5.41, 5.74) is 5.95. The fraction of sp³-hybridized carbons (Fsp3) is 0.364. The minimum Gasteiger partial charge on any atom is -0.497 e. The second-order valence-electron chi connectivity index (χ2n) is 3.58. The van der Waals surface area contributed by atoms with Gasteiger partial charge in [0.2, 0.25) is 6.79 Å². The number of carbonyl (C=O) groups is 1. The number of hydrogen-bond donors (Lipinski definition) is 2. The lowest BCUT2D eigenvalue weighted by Gasteiger charge is -2.14. The molecule has 0 aliphatic carbocycles. The maximum absolute atomic E-state index is 11.1. The summed E-state index contributed by atoms with van der Waals surface area (Å²) < 4.78 is 15.6. The number of carboxylic acid groups (broad SMARTS) is 1. The molecule has 1 atom stereocenters. The van der Waals surface area contributed by atoms with Crippen LogP contribution >= 0.6 is 0 Å². The van der Waals surface area contributed by atoms with Gasteiger partial charge in [0, 0.05) is 18.2 Å². The highest BCUT2D eigenvalue weighted by atomic mass is 16.7. The highest BCUT2D eigenvalue weighted by Gasteiger charge is 2.28. The average molecular weight is 239 g/mol. The van der Waals surface area contributed by atoms with Crippen molar-refractivity contribution in [1.29, 1.82) is 0 Å². The third-order valence-corrected chi connectivity index (χ3v) is 2.62. The van der Waals surface area contributed by atoms with Crippen molar-refractivity contribution < 1.29 is 24.1 Å². The normalized spacial score (nSPS) is 14.5. The Labute approximate surface area is 97.9 Å². The number of aliphatic carboxylic acids is 1. The molecule has 1 aliphatic heterocycles. The van der Waals surface area contributed by atoms with E-state index < -0.39 is 11.9 Å². The van der Waals surface area contributed by atoms with Crippen LogP contribution in [0.3, 0.4) is 0 Å². The van der Waals surface area contributed by atoms with Gasteiger partial charge in [0.15, 0.2) is 11.5 Å². The lowest BCUT2D eigenvalue weighted by Crippen LogP contribution is -2.21. The zero-order valence-electron chi connectivity index (χ0n) is 9.30. The molecule has 92 valence electrons. The van der Waals surface area contributed by atoms with Crippen LogP contribution in [0, 0.1) is 0 Å². The first-order valence-electron chi connectivity index (χ1n) is 5.07. The van der Waals surface area contributed by atoms with Crippen molar-refractivity contribution in [2.24, 2.45) is 5.73 Å². The number of nitrogens with two attached hydrogens (primary N) is 1. The summed E-state index contributed by atoms with van der Waals surface area (Å²) in [6, 6.07) is 3.26. The van der Waals surface area contributed by atoms with Crippen molar-refractivity contribution in [1.82, 2.24) is 0 Å². The topological polar surface area (TPSA) is 91.0 Å². The van der Waals surface area contributed by atoms with Gasteiger partial charge in [0.1, 0.15) is 5.75 Å². The molecule has 17 heavy (non-hydrogen) atoms. The molecule has 6 heteroatoms. The predicted octanol–water partition coefficient (Wildman–Crippen LogP) is 0.551. The fourth-order valence-electron chi connectivity index (χ4n) is 1.75. The Bertz CT molecular complexity index is 446. The first-order valence-corrected chi connectivity index (χ1v) is 5.07. The van der Waals surface area contributed by atoms with E-state index in [9.17, 15) is 4.79 Å². The minimum absolute atomic E-state index is 0.0156. The summed E-state index contributed by atoms with van der Waals surface area (Å²) in [5, 5.41) is 9.10. The number of methoxy groups -OCH3 is 1. The van der Waals surface area contributed by atoms with Crippen molar-refractivity contribution in [3.05, 3.63) is 17.7 Å². The molecule has 1 heterocycles. The van der Waals surface area contributed by atoms with Crippen molar-refractivity contribution in [2.45, 2.75) is 5.92 Å². The molecule has 0 amide bonds. The summed E-state index contributed by atoms with van der Waals surface area (Å²) >= 11 is 0. The molecule has 0 spiro atoms. The molecule has 0 radical (unpaired) electrons. The van der Waals surface area contributed by atoms with Crippen LogP contribution in [0.25, 0.3) is 0 Å². The first kappa shape index (κ1) is 11.5. The fourth-order valence-corrected chi connectivity index (χ4v) is 1.75.